The van der Waals surface area contributed by atoms with Gasteiger partial charge in [0.2, 0.25) is 6.23 Å². The molecule has 0 saturated carbocycles. The molecule has 0 bridgehead atoms. The van der Waals surface area contributed by atoms with Crippen LogP contribution < -0.4 is 4.74 Å². The Morgan fingerprint density at radius 2 is 1.79 bits per heavy atom. The summed E-state index contributed by atoms with van der Waals surface area (Å²) in [7, 11) is 0. The zero-order chi connectivity index (χ0) is 19.3. The maximum Gasteiger partial charge on any atom is 0.213 e. The van der Waals surface area contributed by atoms with Crippen LogP contribution in [0.25, 0.3) is 0 Å². The molecule has 0 spiro atoms. The van der Waals surface area contributed by atoms with E-state index in [1.807, 2.05) is 17.1 Å². The quantitative estimate of drug-likeness (QED) is 0.481. The van der Waals surface area contributed by atoms with Crippen LogP contribution >= 0.6 is 15.9 Å². The van der Waals surface area contributed by atoms with Crippen molar-refractivity contribution in [3.63, 3.8) is 0 Å². The molecule has 2 heterocycles. The number of benzene rings is 3. The van der Waals surface area contributed by atoms with E-state index in [1.165, 1.54) is 17.7 Å². The third kappa shape index (κ3) is 3.00. The van der Waals surface area contributed by atoms with Crippen LogP contribution in [-0.4, -0.2) is 10.7 Å². The fourth-order valence-electron chi connectivity index (χ4n) is 3.83. The first kappa shape index (κ1) is 17.4. The van der Waals surface area contributed by atoms with Crippen LogP contribution in [0.15, 0.2) is 76.3 Å². The number of ether oxygens (including phenoxy) is 1. The summed E-state index contributed by atoms with van der Waals surface area (Å²) in [5.41, 5.74) is 5.37. The molecular formula is C23H18BrFN2O. The summed E-state index contributed by atoms with van der Waals surface area (Å²) >= 11 is 3.57. The lowest BCUT2D eigenvalue weighted by Gasteiger charge is -2.38. The number of nitrogens with zero attached hydrogens (tertiary/aromatic N) is 2. The van der Waals surface area contributed by atoms with Crippen molar-refractivity contribution in [2.24, 2.45) is 5.10 Å². The normalized spacial score (nSPS) is 20.2. The molecule has 0 radical (unpaired) electrons. The maximum atomic E-state index is 13.4. The predicted octanol–water partition coefficient (Wildman–Crippen LogP) is 6.14. The summed E-state index contributed by atoms with van der Waals surface area (Å²) in [6, 6.07) is 21.0. The summed E-state index contributed by atoms with van der Waals surface area (Å²) in [4.78, 5) is 0. The lowest BCUT2D eigenvalue weighted by Crippen LogP contribution is -2.33. The van der Waals surface area contributed by atoms with Gasteiger partial charge in [0.05, 0.1) is 11.8 Å². The van der Waals surface area contributed by atoms with Gasteiger partial charge in [-0.1, -0.05) is 57.9 Å². The Bertz CT molecular complexity index is 1060. The minimum absolute atomic E-state index is 0.0765. The third-order valence-corrected chi connectivity index (χ3v) is 5.79. The second-order valence-electron chi connectivity index (χ2n) is 7.22. The van der Waals surface area contributed by atoms with E-state index in [0.29, 0.717) is 0 Å². The van der Waals surface area contributed by atoms with Crippen molar-refractivity contribution in [3.05, 3.63) is 99.3 Å². The smallest absolute Gasteiger partial charge is 0.213 e. The standard InChI is InChI=1S/C23H18BrFN2O/c1-14-2-4-15(5-3-14)20-13-21-19-12-17(24)8-11-22(19)28-23(27(21)26-20)16-6-9-18(25)10-7-16/h2-12,21,23H,13H2,1H3. The highest BCUT2D eigenvalue weighted by atomic mass is 79.9. The van der Waals surface area contributed by atoms with E-state index in [4.69, 9.17) is 9.84 Å². The van der Waals surface area contributed by atoms with Gasteiger partial charge in [-0.3, -0.25) is 0 Å². The van der Waals surface area contributed by atoms with Crippen molar-refractivity contribution in [1.29, 1.82) is 0 Å². The van der Waals surface area contributed by atoms with Crippen LogP contribution in [-0.2, 0) is 0 Å². The molecule has 0 aromatic heterocycles. The van der Waals surface area contributed by atoms with Gasteiger partial charge in [0, 0.05) is 22.0 Å². The second-order valence-corrected chi connectivity index (χ2v) is 8.13. The van der Waals surface area contributed by atoms with Crippen LogP contribution in [0, 0.1) is 12.7 Å². The largest absolute Gasteiger partial charge is 0.464 e. The van der Waals surface area contributed by atoms with E-state index in [1.54, 1.807) is 12.1 Å². The fourth-order valence-corrected chi connectivity index (χ4v) is 4.20. The number of hydrogen-bond donors (Lipinski definition) is 0. The van der Waals surface area contributed by atoms with Crippen LogP contribution in [0.5, 0.6) is 5.75 Å². The SMILES string of the molecule is Cc1ccc(C2=NN3C(C2)c2cc(Br)ccc2OC3c2ccc(F)cc2)cc1. The van der Waals surface area contributed by atoms with E-state index >= 15 is 0 Å². The number of halogens is 2. The van der Waals surface area contributed by atoms with E-state index in [9.17, 15) is 4.39 Å². The number of rotatable bonds is 2. The molecule has 5 rings (SSSR count). The first-order valence-electron chi connectivity index (χ1n) is 9.23. The summed E-state index contributed by atoms with van der Waals surface area (Å²) < 4.78 is 20.8. The molecule has 2 unspecified atom stereocenters. The first-order chi connectivity index (χ1) is 13.6. The average molecular weight is 437 g/mol. The molecule has 0 aliphatic carbocycles. The number of aryl methyl sites for hydroxylation is 1. The summed E-state index contributed by atoms with van der Waals surface area (Å²) in [6.07, 6.45) is 0.412. The van der Waals surface area contributed by atoms with Gasteiger partial charge < -0.3 is 4.74 Å². The highest BCUT2D eigenvalue weighted by Crippen LogP contribution is 2.48. The van der Waals surface area contributed by atoms with Crippen molar-refractivity contribution >= 4 is 21.6 Å². The minimum Gasteiger partial charge on any atom is -0.464 e. The van der Waals surface area contributed by atoms with Gasteiger partial charge in [0.15, 0.2) is 0 Å². The molecule has 3 nitrogen and oxygen atoms in total. The molecule has 2 atom stereocenters. The van der Waals surface area contributed by atoms with Crippen molar-refractivity contribution in [2.45, 2.75) is 25.6 Å². The van der Waals surface area contributed by atoms with Crippen LogP contribution in [0.4, 0.5) is 4.39 Å². The fraction of sp³-hybridized carbons (Fsp3) is 0.174. The molecule has 28 heavy (non-hydrogen) atoms. The molecule has 0 N–H and O–H groups in total. The highest BCUT2D eigenvalue weighted by molar-refractivity contribution is 9.10. The van der Waals surface area contributed by atoms with Gasteiger partial charge in [-0.25, -0.2) is 9.40 Å². The van der Waals surface area contributed by atoms with E-state index in [2.05, 4.69) is 53.2 Å². The topological polar surface area (TPSA) is 24.8 Å². The van der Waals surface area contributed by atoms with Gasteiger partial charge >= 0.3 is 0 Å². The predicted molar refractivity (Wildman–Crippen MR) is 111 cm³/mol. The lowest BCUT2D eigenvalue weighted by atomic mass is 9.95. The molecule has 2 aliphatic heterocycles. The highest BCUT2D eigenvalue weighted by Gasteiger charge is 2.41. The molecule has 2 aliphatic rings. The van der Waals surface area contributed by atoms with Gasteiger partial charge in [0.25, 0.3) is 0 Å². The van der Waals surface area contributed by atoms with E-state index in [0.717, 1.165) is 39.0 Å². The lowest BCUT2D eigenvalue weighted by molar-refractivity contribution is -0.0191. The summed E-state index contributed by atoms with van der Waals surface area (Å²) in [5.74, 6) is 0.588. The van der Waals surface area contributed by atoms with Crippen LogP contribution in [0.1, 0.15) is 40.9 Å². The zero-order valence-corrected chi connectivity index (χ0v) is 16.9. The third-order valence-electron chi connectivity index (χ3n) is 5.29. The first-order valence-corrected chi connectivity index (χ1v) is 10.0. The Balaban J connectivity index is 1.59. The zero-order valence-electron chi connectivity index (χ0n) is 15.3. The van der Waals surface area contributed by atoms with Crippen LogP contribution in [0.3, 0.4) is 0 Å². The van der Waals surface area contributed by atoms with Crippen LogP contribution in [0.2, 0.25) is 0 Å². The van der Waals surface area contributed by atoms with Gasteiger partial charge in [-0.05, 0) is 42.8 Å². The molecule has 3 aromatic carbocycles. The minimum atomic E-state index is -0.387. The van der Waals surface area contributed by atoms with Crippen molar-refractivity contribution < 1.29 is 9.13 Å². The van der Waals surface area contributed by atoms with Gasteiger partial charge in [0.1, 0.15) is 11.6 Å². The Hall–Kier alpha value is -2.66. The maximum absolute atomic E-state index is 13.4. The van der Waals surface area contributed by atoms with Crippen molar-refractivity contribution in [3.8, 4) is 5.75 Å². The Morgan fingerprint density at radius 1 is 1.04 bits per heavy atom. The number of hydrazone groups is 1. The molecule has 0 fully saturated rings. The molecule has 5 heteroatoms. The Labute approximate surface area is 171 Å². The van der Waals surface area contributed by atoms with Crippen molar-refractivity contribution in [1.82, 2.24) is 5.01 Å². The molecule has 140 valence electrons. The van der Waals surface area contributed by atoms with E-state index in [-0.39, 0.29) is 18.1 Å². The number of hydrogen-bond acceptors (Lipinski definition) is 3. The Kier molecular flexibility index (Phi) is 4.20. The summed E-state index contributed by atoms with van der Waals surface area (Å²) in [5, 5.41) is 6.95. The molecule has 0 amide bonds. The number of fused-ring (bicyclic) bond motifs is 3. The molecular weight excluding hydrogens is 419 g/mol. The monoisotopic (exact) mass is 436 g/mol. The summed E-state index contributed by atoms with van der Waals surface area (Å²) in [6.45, 7) is 2.08. The van der Waals surface area contributed by atoms with Crippen molar-refractivity contribution in [2.75, 3.05) is 0 Å². The Morgan fingerprint density at radius 3 is 2.54 bits per heavy atom. The van der Waals surface area contributed by atoms with E-state index < -0.39 is 0 Å². The van der Waals surface area contributed by atoms with Gasteiger partial charge in [-0.15, -0.1) is 0 Å². The second kappa shape index (κ2) is 6.74. The molecule has 3 aromatic rings. The average Bonchev–Trinajstić information content (AvgIpc) is 3.14. The van der Waals surface area contributed by atoms with Gasteiger partial charge in [-0.2, -0.15) is 5.10 Å². The molecule has 0 saturated heterocycles.